The zero-order valence-corrected chi connectivity index (χ0v) is 9.11. The molecule has 0 spiro atoms. The highest BCUT2D eigenvalue weighted by Gasteiger charge is 2.23. The molecule has 1 atom stereocenters. The summed E-state index contributed by atoms with van der Waals surface area (Å²) < 4.78 is 6.27. The summed E-state index contributed by atoms with van der Waals surface area (Å²) in [6.45, 7) is 0. The number of hydrogen-bond acceptors (Lipinski definition) is 3. The summed E-state index contributed by atoms with van der Waals surface area (Å²) in [6.07, 6.45) is 1.71. The number of aromatic nitrogens is 1. The minimum Gasteiger partial charge on any atom is -0.240 e. The van der Waals surface area contributed by atoms with Crippen molar-refractivity contribution in [3.63, 3.8) is 0 Å². The van der Waals surface area contributed by atoms with E-state index in [0.29, 0.717) is 5.39 Å². The van der Waals surface area contributed by atoms with Crippen LogP contribution in [0.5, 0.6) is 0 Å². The minimum absolute atomic E-state index is 0.260. The van der Waals surface area contributed by atoms with E-state index in [2.05, 4.69) is 4.98 Å². The van der Waals surface area contributed by atoms with Crippen LogP contribution in [0.1, 0.15) is 0 Å². The van der Waals surface area contributed by atoms with Crippen LogP contribution in [0.15, 0.2) is 57.3 Å². The second-order valence-electron chi connectivity index (χ2n) is 3.30. The van der Waals surface area contributed by atoms with E-state index < -0.39 is 10.8 Å². The maximum absolute atomic E-state index is 11.6. The van der Waals surface area contributed by atoms with Gasteiger partial charge >= 0.3 is 10.7 Å². The molecule has 0 aliphatic heterocycles. The Labute approximate surface area is 94.2 Å². The zero-order chi connectivity index (χ0) is 11.0. The first-order valence-corrected chi connectivity index (χ1v) is 5.98. The maximum atomic E-state index is 11.6. The van der Waals surface area contributed by atoms with E-state index in [1.165, 1.54) is 0 Å². The monoisotopic (exact) mass is 230 g/mol. The van der Waals surface area contributed by atoms with Gasteiger partial charge in [-0.3, -0.25) is 0 Å². The van der Waals surface area contributed by atoms with Crippen LogP contribution in [0.4, 0.5) is 0 Å². The summed E-state index contributed by atoms with van der Waals surface area (Å²) in [5.41, 5.74) is -0.260. The third-order valence-electron chi connectivity index (χ3n) is 2.29. The summed E-state index contributed by atoms with van der Waals surface area (Å²) in [5.74, 6) is 0. The third kappa shape index (κ3) is 1.35. The van der Waals surface area contributed by atoms with E-state index in [1.54, 1.807) is 12.3 Å². The fourth-order valence-corrected chi connectivity index (χ4v) is 3.13. The Balaban J connectivity index is 2.38. The van der Waals surface area contributed by atoms with E-state index >= 15 is 0 Å². The van der Waals surface area contributed by atoms with Crippen molar-refractivity contribution in [2.24, 2.45) is 0 Å². The molecule has 16 heavy (non-hydrogen) atoms. The van der Waals surface area contributed by atoms with Gasteiger partial charge < -0.3 is 0 Å². The highest BCUT2D eigenvalue weighted by atomic mass is 32.2. The van der Waals surface area contributed by atoms with E-state index in [4.69, 9.17) is 3.85 Å². The first-order chi connectivity index (χ1) is 7.86. The second kappa shape index (κ2) is 3.57. The number of fused-ring (bicyclic) bond motifs is 1. The van der Waals surface area contributed by atoms with Gasteiger partial charge in [-0.25, -0.2) is 13.6 Å². The Morgan fingerprint density at radius 1 is 1.06 bits per heavy atom. The lowest BCUT2D eigenvalue weighted by atomic mass is 10.3. The first kappa shape index (κ1) is 9.30. The molecule has 0 aliphatic rings. The molecule has 3 rings (SSSR count). The Bertz CT molecular complexity index is 685. The van der Waals surface area contributed by atoms with Crippen LogP contribution in [0.25, 0.3) is 15.1 Å². The molecule has 0 aliphatic carbocycles. The van der Waals surface area contributed by atoms with E-state index in [-0.39, 0.29) is 5.63 Å². The smallest absolute Gasteiger partial charge is 0.240 e. The van der Waals surface area contributed by atoms with E-state index in [1.807, 2.05) is 36.4 Å². The van der Waals surface area contributed by atoms with E-state index in [0.717, 1.165) is 9.73 Å². The van der Waals surface area contributed by atoms with Crippen molar-refractivity contribution in [2.75, 3.05) is 0 Å². The van der Waals surface area contributed by atoms with Gasteiger partial charge in [0, 0.05) is 18.3 Å². The summed E-state index contributed by atoms with van der Waals surface area (Å²) >= 11 is 0. The standard InChI is InChI=1S/C12H8NO2S/c14-12-9-5-1-2-6-10(9)16(15-12)11-7-3-4-8-13-11/h1-8H/q+1. The van der Waals surface area contributed by atoms with Gasteiger partial charge in [-0.2, -0.15) is 0 Å². The molecule has 0 bridgehead atoms. The second-order valence-corrected chi connectivity index (χ2v) is 4.87. The molecule has 2 aromatic heterocycles. The lowest BCUT2D eigenvalue weighted by molar-refractivity contribution is 0.644. The average Bonchev–Trinajstić information content (AvgIpc) is 2.69. The Hall–Kier alpha value is -1.94. The first-order valence-electron chi connectivity index (χ1n) is 4.83. The lowest BCUT2D eigenvalue weighted by Gasteiger charge is -1.84. The van der Waals surface area contributed by atoms with Crippen LogP contribution in [0, 0.1) is 0 Å². The van der Waals surface area contributed by atoms with Crippen molar-refractivity contribution >= 4 is 20.9 Å². The fourth-order valence-electron chi connectivity index (χ4n) is 1.57. The van der Waals surface area contributed by atoms with Crippen LogP contribution in [-0.2, 0) is 0 Å². The maximum Gasteiger partial charge on any atom is 0.405 e. The lowest BCUT2D eigenvalue weighted by Crippen LogP contribution is -1.89. The summed E-state index contributed by atoms with van der Waals surface area (Å²) in [7, 11) is -0.656. The van der Waals surface area contributed by atoms with Gasteiger partial charge in [0.15, 0.2) is 0 Å². The van der Waals surface area contributed by atoms with E-state index in [9.17, 15) is 4.79 Å². The van der Waals surface area contributed by atoms with Crippen molar-refractivity contribution in [1.29, 1.82) is 0 Å². The molecule has 0 radical (unpaired) electrons. The van der Waals surface area contributed by atoms with Gasteiger partial charge in [0.2, 0.25) is 15.5 Å². The number of rotatable bonds is 1. The molecule has 2 heterocycles. The van der Waals surface area contributed by atoms with Crippen molar-refractivity contribution in [3.8, 4) is 5.03 Å². The predicted molar refractivity (Wildman–Crippen MR) is 64.1 cm³/mol. The molecule has 3 nitrogen and oxygen atoms in total. The number of pyridine rings is 1. The van der Waals surface area contributed by atoms with Crippen molar-refractivity contribution in [3.05, 3.63) is 59.1 Å². The molecule has 3 aromatic rings. The molecule has 0 N–H and O–H groups in total. The topological polar surface area (TPSA) is 43.1 Å². The highest BCUT2D eigenvalue weighted by Crippen LogP contribution is 2.35. The van der Waals surface area contributed by atoms with Crippen LogP contribution in [0.2, 0.25) is 0 Å². The van der Waals surface area contributed by atoms with Crippen molar-refractivity contribution in [2.45, 2.75) is 0 Å². The van der Waals surface area contributed by atoms with Crippen LogP contribution in [0.3, 0.4) is 0 Å². The summed E-state index contributed by atoms with van der Waals surface area (Å²) in [6, 6.07) is 13.1. The van der Waals surface area contributed by atoms with Crippen molar-refractivity contribution in [1.82, 2.24) is 4.98 Å². The van der Waals surface area contributed by atoms with Crippen LogP contribution in [-0.4, -0.2) is 4.98 Å². The SMILES string of the molecule is O=c1o[s+](-c2ccccn2)c2ccccc12. The third-order valence-corrected chi connectivity index (χ3v) is 3.99. The summed E-state index contributed by atoms with van der Waals surface area (Å²) in [4.78, 5) is 15.8. The van der Waals surface area contributed by atoms with Gasteiger partial charge in [0.25, 0.3) is 0 Å². The quantitative estimate of drug-likeness (QED) is 0.604. The molecule has 1 aromatic carbocycles. The molecule has 1 unspecified atom stereocenters. The Morgan fingerprint density at radius 3 is 2.69 bits per heavy atom. The molecular formula is C12H8NO2S+. The summed E-state index contributed by atoms with van der Waals surface area (Å²) in [5, 5.41) is 1.44. The molecule has 0 amide bonds. The molecule has 78 valence electrons. The van der Waals surface area contributed by atoms with Gasteiger partial charge in [-0.15, -0.1) is 0 Å². The number of benzene rings is 1. The zero-order valence-electron chi connectivity index (χ0n) is 8.29. The van der Waals surface area contributed by atoms with Crippen LogP contribution < -0.4 is 5.63 Å². The molecule has 4 heteroatoms. The largest absolute Gasteiger partial charge is 0.405 e. The average molecular weight is 230 g/mol. The molecular weight excluding hydrogens is 222 g/mol. The van der Waals surface area contributed by atoms with Gasteiger partial charge in [0.05, 0.1) is 0 Å². The normalized spacial score (nSPS) is 11.9. The Kier molecular flexibility index (Phi) is 2.08. The van der Waals surface area contributed by atoms with Gasteiger partial charge in [0.1, 0.15) is 5.39 Å². The number of nitrogens with zero attached hydrogens (tertiary/aromatic N) is 1. The minimum atomic E-state index is -0.656. The number of hydrogen-bond donors (Lipinski definition) is 0. The van der Waals surface area contributed by atoms with Crippen LogP contribution >= 0.6 is 10.8 Å². The fraction of sp³-hybridized carbons (Fsp3) is 0. The molecule has 0 saturated carbocycles. The van der Waals surface area contributed by atoms with Gasteiger partial charge in [-0.1, -0.05) is 18.2 Å². The van der Waals surface area contributed by atoms with Crippen molar-refractivity contribution < 1.29 is 3.85 Å². The van der Waals surface area contributed by atoms with Gasteiger partial charge in [-0.05, 0) is 12.1 Å². The Morgan fingerprint density at radius 2 is 1.88 bits per heavy atom. The molecule has 0 saturated heterocycles. The highest BCUT2D eigenvalue weighted by molar-refractivity contribution is 7.38. The molecule has 0 fully saturated rings. The predicted octanol–water partition coefficient (Wildman–Crippen LogP) is 2.93.